The Kier molecular flexibility index (Phi) is 8.58. The van der Waals surface area contributed by atoms with Gasteiger partial charge in [-0.25, -0.2) is 4.98 Å². The second-order valence-electron chi connectivity index (χ2n) is 12.3. The number of likely N-dealkylation sites (N-methyl/N-ethyl adjacent to an activating group) is 1. The van der Waals surface area contributed by atoms with Crippen LogP contribution in [0, 0.1) is 22.7 Å². The van der Waals surface area contributed by atoms with Gasteiger partial charge in [0.1, 0.15) is 18.2 Å². The molecule has 0 N–H and O–H groups in total. The van der Waals surface area contributed by atoms with Crippen molar-refractivity contribution in [3.05, 3.63) is 47.4 Å². The Hall–Kier alpha value is -4.35. The summed E-state index contributed by atoms with van der Waals surface area (Å²) in [5.41, 5.74) is 6.74. The molecule has 0 unspecified atom stereocenters. The number of hydrogen-bond donors (Lipinski definition) is 0. The second-order valence-corrected chi connectivity index (χ2v) is 12.3. The summed E-state index contributed by atoms with van der Waals surface area (Å²) < 4.78 is 6.41. The zero-order valence-corrected chi connectivity index (χ0v) is 25.8. The summed E-state index contributed by atoms with van der Waals surface area (Å²) in [4.78, 5) is 33.3. The molecule has 4 aliphatic rings. The molecule has 11 heteroatoms. The van der Waals surface area contributed by atoms with Crippen LogP contribution in [0.1, 0.15) is 48.2 Å². The van der Waals surface area contributed by atoms with Gasteiger partial charge in [0.15, 0.2) is 0 Å². The lowest BCUT2D eigenvalue weighted by molar-refractivity contribution is -0.128. The fourth-order valence-electron chi connectivity index (χ4n) is 7.34. The summed E-state index contributed by atoms with van der Waals surface area (Å²) >= 11 is 0. The van der Waals surface area contributed by atoms with Gasteiger partial charge in [0.05, 0.1) is 53.5 Å². The molecule has 6 heterocycles. The molecule has 2 fully saturated rings. The summed E-state index contributed by atoms with van der Waals surface area (Å²) in [6.45, 7) is 8.99. The van der Waals surface area contributed by atoms with E-state index in [0.29, 0.717) is 50.7 Å². The van der Waals surface area contributed by atoms with Gasteiger partial charge >= 0.3 is 0 Å². The molecule has 11 nitrogen and oxygen atoms in total. The molecule has 2 saturated heterocycles. The van der Waals surface area contributed by atoms with Gasteiger partial charge in [0.2, 0.25) is 11.8 Å². The first-order valence-electron chi connectivity index (χ1n) is 15.7. The minimum absolute atomic E-state index is 0.173. The summed E-state index contributed by atoms with van der Waals surface area (Å²) in [6, 6.07) is 6.78. The molecule has 2 atom stereocenters. The number of aryl methyl sites for hydroxylation is 1. The SMILES string of the molecule is C=CC(=O)N1CCN(c2c(C#N)c(OC[C@@H]3CCCN3C)nc3c2CCN(c2ccnc4c2N(C)CCC4)C3)C[C@@H]1CC#N. The highest BCUT2D eigenvalue weighted by Crippen LogP contribution is 2.41. The van der Waals surface area contributed by atoms with E-state index in [1.54, 1.807) is 4.90 Å². The first-order chi connectivity index (χ1) is 21.4. The minimum atomic E-state index is -0.301. The first kappa shape index (κ1) is 29.7. The molecule has 1 amide bonds. The number of piperazine rings is 1. The van der Waals surface area contributed by atoms with Gasteiger partial charge in [-0.05, 0) is 57.8 Å². The number of hydrogen-bond acceptors (Lipinski definition) is 10. The molecule has 6 rings (SSSR count). The van der Waals surface area contributed by atoms with Crippen molar-refractivity contribution in [2.45, 2.75) is 57.2 Å². The van der Waals surface area contributed by atoms with Crippen LogP contribution in [-0.4, -0.2) is 97.7 Å². The third kappa shape index (κ3) is 5.53. The van der Waals surface area contributed by atoms with E-state index < -0.39 is 0 Å². The summed E-state index contributed by atoms with van der Waals surface area (Å²) in [5.74, 6) is 0.201. The predicted molar refractivity (Wildman–Crippen MR) is 169 cm³/mol. The molecule has 0 radical (unpaired) electrons. The Morgan fingerprint density at radius 3 is 2.68 bits per heavy atom. The van der Waals surface area contributed by atoms with Crippen LogP contribution in [0.5, 0.6) is 5.88 Å². The minimum Gasteiger partial charge on any atom is -0.475 e. The van der Waals surface area contributed by atoms with Crippen LogP contribution in [0.25, 0.3) is 0 Å². The van der Waals surface area contributed by atoms with Crippen LogP contribution < -0.4 is 19.4 Å². The van der Waals surface area contributed by atoms with Crippen molar-refractivity contribution in [2.75, 3.05) is 74.7 Å². The van der Waals surface area contributed by atoms with Crippen LogP contribution in [0.4, 0.5) is 17.1 Å². The highest BCUT2D eigenvalue weighted by molar-refractivity contribution is 5.87. The topological polar surface area (TPSA) is 116 Å². The third-order valence-corrected chi connectivity index (χ3v) is 9.68. The highest BCUT2D eigenvalue weighted by atomic mass is 16.5. The van der Waals surface area contributed by atoms with E-state index in [1.807, 2.05) is 6.20 Å². The van der Waals surface area contributed by atoms with Gasteiger partial charge in [-0.15, -0.1) is 0 Å². The molecular formula is C33H41N9O2. The maximum Gasteiger partial charge on any atom is 0.246 e. The number of aromatic nitrogens is 2. The van der Waals surface area contributed by atoms with E-state index in [2.05, 4.69) is 63.5 Å². The standard InChI is InChI=1S/C33H41N9O2/c1-4-30(43)42-18-17-41(20-23(42)9-12-34)31-25-11-16-40(29-10-13-36-27-8-6-15-39(3)32(27)29)21-28(25)37-33(26(31)19-35)44-22-24-7-5-14-38(24)2/h4,10,13,23-24H,1,5-9,11,14-18,20-22H2,2-3H3/t23-,24-/m0/s1. The van der Waals surface area contributed by atoms with Crippen molar-refractivity contribution in [3.63, 3.8) is 0 Å². The molecule has 44 heavy (non-hydrogen) atoms. The smallest absolute Gasteiger partial charge is 0.246 e. The molecule has 230 valence electrons. The largest absolute Gasteiger partial charge is 0.475 e. The molecule has 0 aliphatic carbocycles. The Morgan fingerprint density at radius 1 is 1.07 bits per heavy atom. The lowest BCUT2D eigenvalue weighted by atomic mass is 9.96. The van der Waals surface area contributed by atoms with Crippen LogP contribution in [0.2, 0.25) is 0 Å². The van der Waals surface area contributed by atoms with Crippen LogP contribution in [0.15, 0.2) is 24.9 Å². The lowest BCUT2D eigenvalue weighted by Crippen LogP contribution is -2.55. The van der Waals surface area contributed by atoms with E-state index in [9.17, 15) is 15.3 Å². The molecule has 0 bridgehead atoms. The Bertz CT molecular complexity index is 1510. The number of pyridine rings is 2. The van der Waals surface area contributed by atoms with Gasteiger partial charge in [-0.1, -0.05) is 6.58 Å². The van der Waals surface area contributed by atoms with Crippen LogP contribution in [0.3, 0.4) is 0 Å². The van der Waals surface area contributed by atoms with Gasteiger partial charge in [0.25, 0.3) is 0 Å². The van der Waals surface area contributed by atoms with E-state index >= 15 is 0 Å². The van der Waals surface area contributed by atoms with Crippen molar-refractivity contribution in [1.82, 2.24) is 19.8 Å². The highest BCUT2D eigenvalue weighted by Gasteiger charge is 2.36. The fourth-order valence-corrected chi connectivity index (χ4v) is 7.34. The maximum absolute atomic E-state index is 12.6. The number of ether oxygens (including phenoxy) is 1. The number of nitriles is 2. The molecule has 0 spiro atoms. The van der Waals surface area contributed by atoms with E-state index in [-0.39, 0.29) is 24.4 Å². The van der Waals surface area contributed by atoms with Gasteiger partial charge in [-0.3, -0.25) is 9.78 Å². The molecule has 2 aromatic rings. The number of nitrogens with zero attached hydrogens (tertiary/aromatic N) is 9. The van der Waals surface area contributed by atoms with E-state index in [0.717, 1.165) is 73.6 Å². The van der Waals surface area contributed by atoms with Gasteiger partial charge < -0.3 is 29.2 Å². The monoisotopic (exact) mass is 595 g/mol. The average molecular weight is 596 g/mol. The first-order valence-corrected chi connectivity index (χ1v) is 15.7. The second kappa shape index (κ2) is 12.7. The number of likely N-dealkylation sites (tertiary alicyclic amines) is 1. The predicted octanol–water partition coefficient (Wildman–Crippen LogP) is 2.88. The third-order valence-electron chi connectivity index (χ3n) is 9.68. The van der Waals surface area contributed by atoms with Gasteiger partial charge in [-0.2, -0.15) is 10.5 Å². The van der Waals surface area contributed by atoms with Gasteiger partial charge in [0, 0.05) is 57.6 Å². The molecular weight excluding hydrogens is 554 g/mol. The quantitative estimate of drug-likeness (QED) is 0.443. The number of amides is 1. The normalized spacial score (nSPS) is 21.7. The van der Waals surface area contributed by atoms with Crippen molar-refractivity contribution in [1.29, 1.82) is 10.5 Å². The number of carbonyl (C=O) groups excluding carboxylic acids is 1. The molecule has 0 saturated carbocycles. The fraction of sp³-hybridized carbons (Fsp3) is 0.545. The van der Waals surface area contributed by atoms with E-state index in [4.69, 9.17) is 9.72 Å². The number of rotatable bonds is 7. The maximum atomic E-state index is 12.6. The zero-order valence-electron chi connectivity index (χ0n) is 25.8. The summed E-state index contributed by atoms with van der Waals surface area (Å²) in [5, 5.41) is 20.1. The molecule has 4 aliphatic heterocycles. The molecule has 2 aromatic heterocycles. The van der Waals surface area contributed by atoms with Crippen molar-refractivity contribution < 1.29 is 9.53 Å². The Morgan fingerprint density at radius 2 is 1.93 bits per heavy atom. The zero-order chi connectivity index (χ0) is 30.8. The lowest BCUT2D eigenvalue weighted by Gasteiger charge is -2.43. The number of fused-ring (bicyclic) bond motifs is 2. The Labute approximate surface area is 259 Å². The van der Waals surface area contributed by atoms with Crippen LogP contribution >= 0.6 is 0 Å². The van der Waals surface area contributed by atoms with E-state index in [1.165, 1.54) is 11.8 Å². The Balaban J connectivity index is 1.39. The van der Waals surface area contributed by atoms with Crippen molar-refractivity contribution in [2.24, 2.45) is 0 Å². The number of carbonyl (C=O) groups is 1. The summed E-state index contributed by atoms with van der Waals surface area (Å²) in [6.07, 6.45) is 8.40. The average Bonchev–Trinajstić information content (AvgIpc) is 3.46. The molecule has 0 aromatic carbocycles. The summed E-state index contributed by atoms with van der Waals surface area (Å²) in [7, 11) is 4.25. The van der Waals surface area contributed by atoms with Crippen molar-refractivity contribution >= 4 is 23.0 Å². The number of anilines is 3. The van der Waals surface area contributed by atoms with Crippen LogP contribution in [-0.2, 0) is 24.2 Å². The van der Waals surface area contributed by atoms with Crippen molar-refractivity contribution in [3.8, 4) is 18.0 Å².